The van der Waals surface area contributed by atoms with Crippen LogP contribution >= 0.6 is 0 Å². The molecule has 1 aliphatic heterocycles. The maximum Gasteiger partial charge on any atom is 0.213 e. The van der Waals surface area contributed by atoms with E-state index in [0.717, 1.165) is 38.4 Å². The normalized spacial score (nSPS) is 17.4. The van der Waals surface area contributed by atoms with Gasteiger partial charge in [0.25, 0.3) is 0 Å². The Balaban J connectivity index is 1.29. The third-order valence-corrected chi connectivity index (χ3v) is 4.93. The van der Waals surface area contributed by atoms with Crippen LogP contribution in [0.3, 0.4) is 0 Å². The molecule has 140 valence electrons. The van der Waals surface area contributed by atoms with Gasteiger partial charge in [-0.25, -0.2) is 4.98 Å². The Morgan fingerprint density at radius 1 is 1.30 bits per heavy atom. The summed E-state index contributed by atoms with van der Waals surface area (Å²) in [6.45, 7) is 2.60. The van der Waals surface area contributed by atoms with E-state index in [9.17, 15) is 0 Å². The Morgan fingerprint density at radius 2 is 2.19 bits per heavy atom. The molecule has 6 heteroatoms. The number of hydrogen-bond acceptors (Lipinski definition) is 3. The van der Waals surface area contributed by atoms with E-state index in [2.05, 4.69) is 55.6 Å². The lowest BCUT2D eigenvalue weighted by Gasteiger charge is -2.21. The van der Waals surface area contributed by atoms with Gasteiger partial charge in [-0.3, -0.25) is 4.99 Å². The van der Waals surface area contributed by atoms with Crippen molar-refractivity contribution in [3.05, 3.63) is 60.4 Å². The van der Waals surface area contributed by atoms with E-state index in [4.69, 9.17) is 4.74 Å². The van der Waals surface area contributed by atoms with Gasteiger partial charge in [0.15, 0.2) is 5.96 Å². The van der Waals surface area contributed by atoms with Gasteiger partial charge < -0.3 is 19.9 Å². The topological polar surface area (TPSA) is 65.5 Å². The fourth-order valence-electron chi connectivity index (χ4n) is 3.58. The van der Waals surface area contributed by atoms with Gasteiger partial charge in [-0.15, -0.1) is 0 Å². The van der Waals surface area contributed by atoms with Crippen LogP contribution in [0.2, 0.25) is 0 Å². The number of pyridine rings is 1. The highest BCUT2D eigenvalue weighted by atomic mass is 16.5. The van der Waals surface area contributed by atoms with Crippen molar-refractivity contribution in [2.75, 3.05) is 26.7 Å². The summed E-state index contributed by atoms with van der Waals surface area (Å²) in [4.78, 5) is 14.3. The Morgan fingerprint density at radius 3 is 3.04 bits per heavy atom. The van der Waals surface area contributed by atoms with Crippen molar-refractivity contribution in [2.45, 2.75) is 18.9 Å². The molecule has 4 rings (SSSR count). The van der Waals surface area contributed by atoms with E-state index in [0.29, 0.717) is 5.88 Å². The molecule has 0 amide bonds. The van der Waals surface area contributed by atoms with Crippen molar-refractivity contribution in [3.8, 4) is 5.88 Å². The summed E-state index contributed by atoms with van der Waals surface area (Å²) in [6, 6.07) is 14.1. The maximum absolute atomic E-state index is 5.97. The predicted molar refractivity (Wildman–Crippen MR) is 108 cm³/mol. The summed E-state index contributed by atoms with van der Waals surface area (Å²) < 4.78 is 5.97. The minimum atomic E-state index is 0.145. The number of aromatic nitrogens is 2. The number of aliphatic imine (C=N–C) groups is 1. The zero-order valence-corrected chi connectivity index (χ0v) is 15.6. The van der Waals surface area contributed by atoms with Crippen LogP contribution in [0, 0.1) is 0 Å². The second kappa shape index (κ2) is 8.12. The van der Waals surface area contributed by atoms with Crippen LogP contribution < -0.4 is 10.1 Å². The molecule has 0 aliphatic carbocycles. The average molecular weight is 363 g/mol. The summed E-state index contributed by atoms with van der Waals surface area (Å²) in [5, 5.41) is 4.78. The summed E-state index contributed by atoms with van der Waals surface area (Å²) in [6.07, 6.45) is 5.92. The van der Waals surface area contributed by atoms with E-state index in [1.807, 2.05) is 25.2 Å². The van der Waals surface area contributed by atoms with Gasteiger partial charge in [0.05, 0.1) is 6.54 Å². The molecular weight excluding hydrogens is 338 g/mol. The van der Waals surface area contributed by atoms with Crippen molar-refractivity contribution in [2.24, 2.45) is 4.99 Å². The highest BCUT2D eigenvalue weighted by Gasteiger charge is 2.26. The van der Waals surface area contributed by atoms with Crippen LogP contribution in [-0.4, -0.2) is 53.6 Å². The second-order valence-corrected chi connectivity index (χ2v) is 6.73. The first kappa shape index (κ1) is 17.4. The molecule has 6 nitrogen and oxygen atoms in total. The number of fused-ring (bicyclic) bond motifs is 1. The van der Waals surface area contributed by atoms with Gasteiger partial charge in [0.1, 0.15) is 6.10 Å². The number of ether oxygens (including phenoxy) is 1. The molecule has 2 N–H and O–H groups in total. The van der Waals surface area contributed by atoms with E-state index in [-0.39, 0.29) is 6.10 Å². The minimum Gasteiger partial charge on any atom is -0.472 e. The molecule has 1 fully saturated rings. The SMILES string of the molecule is CN=C(NCCc1c[nH]c2ccccc12)N1CCC(Oc2ccccn2)C1. The zero-order valence-electron chi connectivity index (χ0n) is 15.6. The van der Waals surface area contributed by atoms with Crippen molar-refractivity contribution >= 4 is 16.9 Å². The third kappa shape index (κ3) is 4.05. The fraction of sp³-hybridized carbons (Fsp3) is 0.333. The highest BCUT2D eigenvalue weighted by molar-refractivity contribution is 5.83. The Kier molecular flexibility index (Phi) is 5.23. The number of aromatic amines is 1. The molecule has 1 unspecified atom stereocenters. The number of benzene rings is 1. The number of nitrogens with zero attached hydrogens (tertiary/aromatic N) is 3. The van der Waals surface area contributed by atoms with Crippen LogP contribution in [0.1, 0.15) is 12.0 Å². The molecule has 0 spiro atoms. The molecule has 3 aromatic rings. The first-order chi connectivity index (χ1) is 13.3. The highest BCUT2D eigenvalue weighted by Crippen LogP contribution is 2.18. The molecule has 0 saturated carbocycles. The lowest BCUT2D eigenvalue weighted by molar-refractivity contribution is 0.205. The summed E-state index contributed by atoms with van der Waals surface area (Å²) in [5.74, 6) is 1.62. The molecule has 1 saturated heterocycles. The largest absolute Gasteiger partial charge is 0.472 e. The van der Waals surface area contributed by atoms with E-state index in [1.54, 1.807) is 6.20 Å². The Labute approximate surface area is 159 Å². The lowest BCUT2D eigenvalue weighted by Crippen LogP contribution is -2.41. The predicted octanol–water partition coefficient (Wildman–Crippen LogP) is 2.83. The molecular formula is C21H25N5O. The van der Waals surface area contributed by atoms with Gasteiger partial charge in [0.2, 0.25) is 5.88 Å². The smallest absolute Gasteiger partial charge is 0.213 e. The number of para-hydroxylation sites is 1. The van der Waals surface area contributed by atoms with E-state index in [1.165, 1.54) is 16.5 Å². The second-order valence-electron chi connectivity index (χ2n) is 6.73. The van der Waals surface area contributed by atoms with Gasteiger partial charge in [-0.05, 0) is 24.1 Å². The van der Waals surface area contributed by atoms with Crippen molar-refractivity contribution in [1.29, 1.82) is 0 Å². The van der Waals surface area contributed by atoms with Gasteiger partial charge in [-0.1, -0.05) is 24.3 Å². The summed E-state index contributed by atoms with van der Waals surface area (Å²) in [5.41, 5.74) is 2.51. The van der Waals surface area contributed by atoms with Gasteiger partial charge in [-0.2, -0.15) is 0 Å². The standard InChI is InChI=1S/C21H25N5O/c1-22-21(24-12-9-16-14-25-19-7-3-2-6-18(16)19)26-13-10-17(15-26)27-20-8-4-5-11-23-20/h2-8,11,14,17,25H,9-10,12-13,15H2,1H3,(H,22,24). The van der Waals surface area contributed by atoms with Gasteiger partial charge in [0, 0.05) is 55.9 Å². The van der Waals surface area contributed by atoms with E-state index >= 15 is 0 Å². The number of nitrogens with one attached hydrogen (secondary N) is 2. The number of H-pyrrole nitrogens is 1. The van der Waals surface area contributed by atoms with Crippen LogP contribution in [0.4, 0.5) is 0 Å². The molecule has 0 radical (unpaired) electrons. The first-order valence-electron chi connectivity index (χ1n) is 9.42. The summed E-state index contributed by atoms with van der Waals surface area (Å²) in [7, 11) is 1.83. The molecule has 1 aromatic carbocycles. The monoisotopic (exact) mass is 363 g/mol. The summed E-state index contributed by atoms with van der Waals surface area (Å²) >= 11 is 0. The van der Waals surface area contributed by atoms with Crippen LogP contribution in [-0.2, 0) is 6.42 Å². The number of hydrogen-bond donors (Lipinski definition) is 2. The maximum atomic E-state index is 5.97. The fourth-order valence-corrected chi connectivity index (χ4v) is 3.58. The zero-order chi connectivity index (χ0) is 18.5. The van der Waals surface area contributed by atoms with Crippen molar-refractivity contribution in [3.63, 3.8) is 0 Å². The Bertz CT molecular complexity index is 905. The number of guanidine groups is 1. The molecule has 2 aromatic heterocycles. The van der Waals surface area contributed by atoms with Crippen LogP contribution in [0.5, 0.6) is 5.88 Å². The minimum absolute atomic E-state index is 0.145. The van der Waals surface area contributed by atoms with Crippen LogP contribution in [0.15, 0.2) is 59.9 Å². The Hall–Kier alpha value is -3.02. The molecule has 27 heavy (non-hydrogen) atoms. The molecule has 1 atom stereocenters. The lowest BCUT2D eigenvalue weighted by atomic mass is 10.1. The number of likely N-dealkylation sites (tertiary alicyclic amines) is 1. The quantitative estimate of drug-likeness (QED) is 0.540. The van der Waals surface area contributed by atoms with Crippen molar-refractivity contribution in [1.82, 2.24) is 20.2 Å². The third-order valence-electron chi connectivity index (χ3n) is 4.93. The van der Waals surface area contributed by atoms with Gasteiger partial charge >= 0.3 is 0 Å². The molecule has 3 heterocycles. The first-order valence-corrected chi connectivity index (χ1v) is 9.42. The molecule has 1 aliphatic rings. The molecule has 0 bridgehead atoms. The van der Waals surface area contributed by atoms with E-state index < -0.39 is 0 Å². The number of rotatable bonds is 5. The average Bonchev–Trinajstić information content (AvgIpc) is 3.33. The van der Waals surface area contributed by atoms with Crippen molar-refractivity contribution < 1.29 is 4.74 Å². The van der Waals surface area contributed by atoms with Crippen LogP contribution in [0.25, 0.3) is 10.9 Å².